The summed E-state index contributed by atoms with van der Waals surface area (Å²) in [6, 6.07) is 10.3. The fraction of sp³-hybridized carbons (Fsp3) is 0.385. The number of amides is 2. The van der Waals surface area contributed by atoms with Gasteiger partial charge in [-0.3, -0.25) is 23.5 Å². The lowest BCUT2D eigenvalue weighted by Gasteiger charge is -2.14. The average Bonchev–Trinajstić information content (AvgIpc) is 2.83. The van der Waals surface area contributed by atoms with E-state index < -0.39 is 23.0 Å². The lowest BCUT2D eigenvalue weighted by Crippen LogP contribution is -2.41. The van der Waals surface area contributed by atoms with Crippen LogP contribution in [0.2, 0.25) is 5.02 Å². The van der Waals surface area contributed by atoms with Gasteiger partial charge in [-0.15, -0.1) is 0 Å². The Labute approximate surface area is 213 Å². The molecule has 3 aromatic rings. The van der Waals surface area contributed by atoms with Crippen LogP contribution in [-0.4, -0.2) is 27.5 Å². The number of nitrogens with zero attached hydrogens (tertiary/aromatic N) is 2. The molecule has 8 nitrogen and oxygen atoms in total. The van der Waals surface area contributed by atoms with Crippen molar-refractivity contribution in [3.63, 3.8) is 0 Å². The first-order valence-electron chi connectivity index (χ1n) is 11.9. The van der Waals surface area contributed by atoms with Crippen molar-refractivity contribution in [2.45, 2.75) is 52.6 Å². The smallest absolute Gasteiger partial charge is 0.331 e. The lowest BCUT2D eigenvalue weighted by atomic mass is 10.1. The Hall–Kier alpha value is -3.46. The highest BCUT2D eigenvalue weighted by Gasteiger charge is 2.16. The first-order valence-corrected chi connectivity index (χ1v) is 12.3. The molecule has 0 saturated carbocycles. The van der Waals surface area contributed by atoms with E-state index in [-0.39, 0.29) is 29.7 Å². The normalized spacial score (nSPS) is 11.1. The molecule has 0 atom stereocenters. The maximum Gasteiger partial charge on any atom is 0.331 e. The molecule has 0 spiro atoms. The van der Waals surface area contributed by atoms with Crippen LogP contribution in [0.3, 0.4) is 0 Å². The largest absolute Gasteiger partial charge is 0.356 e. The highest BCUT2D eigenvalue weighted by atomic mass is 35.5. The molecule has 2 N–H and O–H groups in total. The van der Waals surface area contributed by atoms with Crippen LogP contribution in [0.4, 0.5) is 10.1 Å². The first-order chi connectivity index (χ1) is 17.2. The predicted octanol–water partition coefficient (Wildman–Crippen LogP) is 3.93. The number of para-hydroxylation sites is 1. The Balaban J connectivity index is 1.74. The van der Waals surface area contributed by atoms with Gasteiger partial charge in [-0.2, -0.15) is 0 Å². The molecule has 192 valence electrons. The van der Waals surface area contributed by atoms with E-state index in [1.807, 2.05) is 0 Å². The Morgan fingerprint density at radius 3 is 2.50 bits per heavy atom. The molecule has 0 aliphatic rings. The van der Waals surface area contributed by atoms with Gasteiger partial charge in [0.2, 0.25) is 11.8 Å². The van der Waals surface area contributed by atoms with E-state index in [9.17, 15) is 23.6 Å². The molecule has 3 rings (SSSR count). The van der Waals surface area contributed by atoms with Gasteiger partial charge in [0, 0.05) is 25.2 Å². The maximum atomic E-state index is 13.4. The van der Waals surface area contributed by atoms with E-state index in [0.717, 1.165) is 17.1 Å². The molecule has 0 saturated heterocycles. The van der Waals surface area contributed by atoms with Gasteiger partial charge in [0.05, 0.1) is 15.9 Å². The number of anilines is 1. The molecule has 1 aromatic heterocycles. The number of carbonyl (C=O) groups excluding carboxylic acids is 2. The second kappa shape index (κ2) is 12.5. The number of hydrogen-bond acceptors (Lipinski definition) is 4. The molecule has 0 aliphatic heterocycles. The zero-order valence-electron chi connectivity index (χ0n) is 20.4. The van der Waals surface area contributed by atoms with Crippen LogP contribution in [0.1, 0.15) is 39.5 Å². The van der Waals surface area contributed by atoms with E-state index in [1.54, 1.807) is 24.3 Å². The van der Waals surface area contributed by atoms with Gasteiger partial charge in [-0.25, -0.2) is 9.18 Å². The van der Waals surface area contributed by atoms with Crippen molar-refractivity contribution in [1.82, 2.24) is 14.5 Å². The molecular formula is C26H30ClFN4O4. The first kappa shape index (κ1) is 27.1. The molecule has 1 heterocycles. The number of hydrogen-bond donors (Lipinski definition) is 2. The summed E-state index contributed by atoms with van der Waals surface area (Å²) >= 11 is 5.77. The fourth-order valence-corrected chi connectivity index (χ4v) is 3.96. The standard InChI is InChI=1S/C26H30ClFN4O4/c1-17(2)12-13-29-23(33)9-5-6-14-31-25(35)19-7-3-4-8-22(19)32(26(31)36)16-24(34)30-18-10-11-21(28)20(27)15-18/h3-4,7-8,10-11,15,17H,5-6,9,12-14,16H2,1-2H3,(H,29,33)(H,30,34). The molecule has 36 heavy (non-hydrogen) atoms. The van der Waals surface area contributed by atoms with E-state index in [0.29, 0.717) is 42.6 Å². The minimum atomic E-state index is -0.618. The van der Waals surface area contributed by atoms with Gasteiger partial charge in [-0.1, -0.05) is 37.6 Å². The van der Waals surface area contributed by atoms with Crippen molar-refractivity contribution in [3.05, 3.63) is 74.1 Å². The predicted molar refractivity (Wildman–Crippen MR) is 139 cm³/mol. The third kappa shape index (κ3) is 7.04. The average molecular weight is 517 g/mol. The van der Waals surface area contributed by atoms with Crippen LogP contribution >= 0.6 is 11.6 Å². The highest BCUT2D eigenvalue weighted by Crippen LogP contribution is 2.19. The quantitative estimate of drug-likeness (QED) is 0.377. The molecule has 2 aromatic carbocycles. The molecule has 0 fully saturated rings. The molecule has 2 amide bonds. The number of benzene rings is 2. The van der Waals surface area contributed by atoms with Crippen LogP contribution in [0.15, 0.2) is 52.1 Å². The van der Waals surface area contributed by atoms with E-state index in [1.165, 1.54) is 16.7 Å². The van der Waals surface area contributed by atoms with Gasteiger partial charge in [0.25, 0.3) is 5.56 Å². The van der Waals surface area contributed by atoms with Crippen molar-refractivity contribution in [1.29, 1.82) is 0 Å². The second-order valence-electron chi connectivity index (χ2n) is 9.01. The molecule has 0 radical (unpaired) electrons. The van der Waals surface area contributed by atoms with Gasteiger partial charge in [0.15, 0.2) is 0 Å². The fourth-order valence-electron chi connectivity index (χ4n) is 3.78. The van der Waals surface area contributed by atoms with Crippen molar-refractivity contribution in [2.75, 3.05) is 11.9 Å². The van der Waals surface area contributed by atoms with Crippen LogP contribution < -0.4 is 21.9 Å². The van der Waals surface area contributed by atoms with Gasteiger partial charge in [0.1, 0.15) is 12.4 Å². The second-order valence-corrected chi connectivity index (χ2v) is 9.42. The number of fused-ring (bicyclic) bond motifs is 1. The molecule has 0 unspecified atom stereocenters. The summed E-state index contributed by atoms with van der Waals surface area (Å²) in [5.74, 6) is -0.704. The summed E-state index contributed by atoms with van der Waals surface area (Å²) in [6.07, 6.45) is 2.17. The number of halogens is 2. The minimum absolute atomic E-state index is 0.0588. The number of rotatable bonds is 11. The van der Waals surface area contributed by atoms with Crippen molar-refractivity contribution in [3.8, 4) is 0 Å². The Morgan fingerprint density at radius 1 is 1.03 bits per heavy atom. The summed E-state index contributed by atoms with van der Waals surface area (Å²) in [7, 11) is 0. The van der Waals surface area contributed by atoms with Crippen LogP contribution in [0, 0.1) is 11.7 Å². The number of nitrogens with one attached hydrogen (secondary N) is 2. The lowest BCUT2D eigenvalue weighted by molar-refractivity contribution is -0.121. The van der Waals surface area contributed by atoms with Crippen LogP contribution in [0.5, 0.6) is 0 Å². The Bertz CT molecular complexity index is 1370. The van der Waals surface area contributed by atoms with E-state index in [2.05, 4.69) is 24.5 Å². The zero-order chi connectivity index (χ0) is 26.2. The molecule has 10 heteroatoms. The SMILES string of the molecule is CC(C)CCNC(=O)CCCCn1c(=O)c2ccccc2n(CC(=O)Nc2ccc(F)c(Cl)c2)c1=O. The third-order valence-electron chi connectivity index (χ3n) is 5.72. The van der Waals surface area contributed by atoms with Crippen molar-refractivity contribution >= 4 is 40.0 Å². The zero-order valence-corrected chi connectivity index (χ0v) is 21.1. The number of unbranched alkanes of at least 4 members (excludes halogenated alkanes) is 1. The Kier molecular flexibility index (Phi) is 9.41. The Morgan fingerprint density at radius 2 is 1.78 bits per heavy atom. The van der Waals surface area contributed by atoms with Crippen molar-refractivity contribution < 1.29 is 14.0 Å². The molecular weight excluding hydrogens is 487 g/mol. The van der Waals surface area contributed by atoms with Crippen molar-refractivity contribution in [2.24, 2.45) is 5.92 Å². The van der Waals surface area contributed by atoms with Crippen LogP contribution in [0.25, 0.3) is 10.9 Å². The topological polar surface area (TPSA) is 102 Å². The third-order valence-corrected chi connectivity index (χ3v) is 6.01. The van der Waals surface area contributed by atoms with E-state index >= 15 is 0 Å². The van der Waals surface area contributed by atoms with Gasteiger partial charge in [-0.05, 0) is 55.5 Å². The summed E-state index contributed by atoms with van der Waals surface area (Å²) in [5.41, 5.74) is -0.448. The summed E-state index contributed by atoms with van der Waals surface area (Å²) < 4.78 is 15.7. The van der Waals surface area contributed by atoms with Gasteiger partial charge < -0.3 is 10.6 Å². The number of aromatic nitrogens is 2. The maximum absolute atomic E-state index is 13.4. The summed E-state index contributed by atoms with van der Waals surface area (Å²) in [6.45, 7) is 4.56. The monoisotopic (exact) mass is 516 g/mol. The van der Waals surface area contributed by atoms with Crippen LogP contribution in [-0.2, 0) is 22.7 Å². The highest BCUT2D eigenvalue weighted by molar-refractivity contribution is 6.31. The summed E-state index contributed by atoms with van der Waals surface area (Å²) in [4.78, 5) is 50.9. The number of carbonyl (C=O) groups is 2. The summed E-state index contributed by atoms with van der Waals surface area (Å²) in [5, 5.41) is 5.63. The van der Waals surface area contributed by atoms with Gasteiger partial charge >= 0.3 is 5.69 Å². The molecule has 0 bridgehead atoms. The van der Waals surface area contributed by atoms with E-state index in [4.69, 9.17) is 11.6 Å². The minimum Gasteiger partial charge on any atom is -0.356 e. The molecule has 0 aliphatic carbocycles.